The molecule has 1 aromatic heterocycles. The van der Waals surface area contributed by atoms with Crippen LogP contribution in [0.25, 0.3) is 0 Å². The molecule has 5 rings (SSSR count). The monoisotopic (exact) mass is 836 g/mol. The Morgan fingerprint density at radius 2 is 1.41 bits per heavy atom. The van der Waals surface area contributed by atoms with E-state index in [0.717, 1.165) is 24.3 Å². The number of ether oxygens (including phenoxy) is 8. The standard InChI is InChI=1S/C38H52N4O17/c39-2-5-53-8-10-55-12-14-56-13-11-54-9-7-52-4-1-24-21-42(41-40-24)3-6-57-36-32-26(44)19-25(43)20-31(32)58-35(22-15-27(45)33(49)28(46)16-22)37(36)59-38(51)23-17-29(47)34(50)30(48)18-23/h15-17,19-21,29-30,34-37,43-50H,1-14,18,39H2. The first-order valence-electron chi connectivity index (χ1n) is 19.0. The number of aliphatic hydroxyl groups is 3. The minimum absolute atomic E-state index is 0.00655. The van der Waals surface area contributed by atoms with Gasteiger partial charge in [0.15, 0.2) is 29.5 Å². The lowest BCUT2D eigenvalue weighted by Gasteiger charge is -2.39. The highest BCUT2D eigenvalue weighted by molar-refractivity contribution is 5.89. The van der Waals surface area contributed by atoms with Crippen molar-refractivity contribution in [1.29, 1.82) is 0 Å². The summed E-state index contributed by atoms with van der Waals surface area (Å²) in [6.45, 7) is 4.80. The van der Waals surface area contributed by atoms with E-state index in [4.69, 9.17) is 43.6 Å². The number of aromatic hydroxyl groups is 5. The molecule has 2 heterocycles. The van der Waals surface area contributed by atoms with Gasteiger partial charge in [0.05, 0.1) is 96.6 Å². The molecule has 0 amide bonds. The van der Waals surface area contributed by atoms with Gasteiger partial charge in [0, 0.05) is 48.9 Å². The number of carbonyl (C=O) groups is 1. The van der Waals surface area contributed by atoms with E-state index in [9.17, 15) is 45.6 Å². The highest BCUT2D eigenvalue weighted by Gasteiger charge is 2.46. The van der Waals surface area contributed by atoms with Gasteiger partial charge in [-0.25, -0.2) is 9.48 Å². The first-order valence-corrected chi connectivity index (χ1v) is 19.0. The molecule has 0 saturated heterocycles. The molecule has 10 N–H and O–H groups in total. The first-order chi connectivity index (χ1) is 28.5. The van der Waals surface area contributed by atoms with Gasteiger partial charge >= 0.3 is 5.97 Å². The number of phenols is 5. The molecule has 6 atom stereocenters. The number of aromatic nitrogens is 3. The fraction of sp³-hybridized carbons (Fsp3) is 0.553. The SMILES string of the molecule is NCCOCCOCCOCCOCCOCCc1cn(CCOC2c3c(O)cc(O)cc3OC(c3cc(O)c(O)c(O)c3)C2OC(=O)C2=CC(O)C(O)C(O)C2)nn1. The number of fused-ring (bicyclic) bond motifs is 1. The molecule has 1 aliphatic heterocycles. The molecule has 0 fully saturated rings. The van der Waals surface area contributed by atoms with E-state index in [1.165, 1.54) is 10.7 Å². The van der Waals surface area contributed by atoms with Crippen molar-refractivity contribution in [2.45, 2.75) is 56.0 Å². The quantitative estimate of drug-likeness (QED) is 0.0315. The second-order valence-corrected chi connectivity index (χ2v) is 13.5. The molecule has 21 heteroatoms. The van der Waals surface area contributed by atoms with Crippen LogP contribution in [0.15, 0.2) is 42.1 Å². The summed E-state index contributed by atoms with van der Waals surface area (Å²) in [7, 11) is 0. The molecule has 0 bridgehead atoms. The molecule has 326 valence electrons. The van der Waals surface area contributed by atoms with Crippen LogP contribution in [0.2, 0.25) is 0 Å². The van der Waals surface area contributed by atoms with E-state index in [2.05, 4.69) is 10.3 Å². The van der Waals surface area contributed by atoms with Gasteiger partial charge in [-0.05, 0) is 18.2 Å². The number of hydrogen-bond donors (Lipinski definition) is 9. The second-order valence-electron chi connectivity index (χ2n) is 13.5. The smallest absolute Gasteiger partial charge is 0.334 e. The molecule has 3 aromatic rings. The van der Waals surface area contributed by atoms with Crippen molar-refractivity contribution in [3.05, 3.63) is 58.9 Å². The number of aliphatic hydroxyl groups excluding tert-OH is 3. The summed E-state index contributed by atoms with van der Waals surface area (Å²) >= 11 is 0. The van der Waals surface area contributed by atoms with Crippen LogP contribution in [-0.2, 0) is 50.9 Å². The van der Waals surface area contributed by atoms with Crippen molar-refractivity contribution in [3.63, 3.8) is 0 Å². The lowest BCUT2D eigenvalue weighted by atomic mass is 9.90. The van der Waals surface area contributed by atoms with Gasteiger partial charge in [0.1, 0.15) is 35.6 Å². The van der Waals surface area contributed by atoms with Gasteiger partial charge in [-0.3, -0.25) is 0 Å². The van der Waals surface area contributed by atoms with Crippen molar-refractivity contribution in [2.75, 3.05) is 79.2 Å². The number of rotatable bonds is 24. The van der Waals surface area contributed by atoms with E-state index in [-0.39, 0.29) is 47.8 Å². The number of hydrogen-bond acceptors (Lipinski definition) is 20. The normalized spacial score (nSPS) is 21.5. The molecular weight excluding hydrogens is 784 g/mol. The predicted octanol–water partition coefficient (Wildman–Crippen LogP) is -0.393. The van der Waals surface area contributed by atoms with Crippen LogP contribution in [0.5, 0.6) is 34.5 Å². The van der Waals surface area contributed by atoms with Crippen molar-refractivity contribution < 1.29 is 83.5 Å². The number of nitrogens with zero attached hydrogens (tertiary/aromatic N) is 3. The summed E-state index contributed by atoms with van der Waals surface area (Å²) in [5.41, 5.74) is 5.77. The highest BCUT2D eigenvalue weighted by Crippen LogP contribution is 2.51. The van der Waals surface area contributed by atoms with Crippen LogP contribution in [-0.4, -0.2) is 165 Å². The molecule has 0 spiro atoms. The number of phenolic OH excluding ortho intramolecular Hbond substituents is 5. The third-order valence-electron chi connectivity index (χ3n) is 9.17. The largest absolute Gasteiger partial charge is 0.508 e. The third-order valence-corrected chi connectivity index (χ3v) is 9.17. The number of benzene rings is 2. The summed E-state index contributed by atoms with van der Waals surface area (Å²) < 4.78 is 46.9. The molecule has 0 radical (unpaired) electrons. The lowest BCUT2D eigenvalue weighted by molar-refractivity contribution is -0.169. The van der Waals surface area contributed by atoms with Crippen LogP contribution < -0.4 is 10.5 Å². The summed E-state index contributed by atoms with van der Waals surface area (Å²) in [5.74, 6) is -4.27. The van der Waals surface area contributed by atoms with Crippen LogP contribution in [0, 0.1) is 0 Å². The number of nitrogens with two attached hydrogens (primary N) is 1. The van der Waals surface area contributed by atoms with Gasteiger partial charge in [0.2, 0.25) is 0 Å². The van der Waals surface area contributed by atoms with E-state index in [0.29, 0.717) is 84.7 Å². The van der Waals surface area contributed by atoms with Crippen LogP contribution in [0.4, 0.5) is 0 Å². The summed E-state index contributed by atoms with van der Waals surface area (Å²) in [6.07, 6.45) is -6.04. The Balaban J connectivity index is 1.16. The van der Waals surface area contributed by atoms with E-state index in [1.54, 1.807) is 6.20 Å². The Kier molecular flexibility index (Phi) is 17.3. The molecule has 1 aliphatic carbocycles. The zero-order valence-electron chi connectivity index (χ0n) is 32.2. The number of esters is 1. The maximum absolute atomic E-state index is 13.6. The molecule has 59 heavy (non-hydrogen) atoms. The predicted molar refractivity (Wildman–Crippen MR) is 201 cm³/mol. The lowest BCUT2D eigenvalue weighted by Crippen LogP contribution is -2.43. The van der Waals surface area contributed by atoms with Gasteiger partial charge in [-0.15, -0.1) is 5.10 Å². The first kappa shape index (κ1) is 45.3. The minimum atomic E-state index is -1.58. The summed E-state index contributed by atoms with van der Waals surface area (Å²) in [6, 6.07) is 4.33. The van der Waals surface area contributed by atoms with E-state index >= 15 is 0 Å². The van der Waals surface area contributed by atoms with Crippen molar-refractivity contribution in [3.8, 4) is 34.5 Å². The topological polar surface area (TPSA) is 309 Å². The highest BCUT2D eigenvalue weighted by atomic mass is 16.6. The van der Waals surface area contributed by atoms with Crippen LogP contribution in [0.3, 0.4) is 0 Å². The summed E-state index contributed by atoms with van der Waals surface area (Å²) in [5, 5.41) is 90.7. The molecule has 2 aliphatic rings. The maximum Gasteiger partial charge on any atom is 0.334 e. The van der Waals surface area contributed by atoms with Crippen molar-refractivity contribution in [2.24, 2.45) is 5.73 Å². The average Bonchev–Trinajstić information content (AvgIpc) is 3.66. The molecular formula is C38H52N4O17. The average molecular weight is 837 g/mol. The van der Waals surface area contributed by atoms with Crippen LogP contribution in [0.1, 0.15) is 35.4 Å². The van der Waals surface area contributed by atoms with E-state index in [1.807, 2.05) is 0 Å². The summed E-state index contributed by atoms with van der Waals surface area (Å²) in [4.78, 5) is 13.6. The Morgan fingerprint density at radius 1 is 0.797 bits per heavy atom. The molecule has 6 unspecified atom stereocenters. The van der Waals surface area contributed by atoms with Gasteiger partial charge in [-0.2, -0.15) is 0 Å². The van der Waals surface area contributed by atoms with Crippen molar-refractivity contribution >= 4 is 5.97 Å². The second kappa shape index (κ2) is 22.5. The Hall–Kier alpha value is -4.81. The molecule has 2 aromatic carbocycles. The molecule has 0 saturated carbocycles. The zero-order valence-corrected chi connectivity index (χ0v) is 32.2. The third kappa shape index (κ3) is 12.8. The van der Waals surface area contributed by atoms with Gasteiger partial charge < -0.3 is 84.5 Å². The van der Waals surface area contributed by atoms with Crippen LogP contribution >= 0.6 is 0 Å². The van der Waals surface area contributed by atoms with E-state index < -0.39 is 65.6 Å². The minimum Gasteiger partial charge on any atom is -0.508 e. The fourth-order valence-electron chi connectivity index (χ4n) is 6.23. The zero-order chi connectivity index (χ0) is 42.3. The van der Waals surface area contributed by atoms with Gasteiger partial charge in [0.25, 0.3) is 0 Å². The molecule has 21 nitrogen and oxygen atoms in total. The number of carbonyl (C=O) groups excluding carboxylic acids is 1. The Morgan fingerprint density at radius 3 is 2.02 bits per heavy atom. The fourth-order valence-corrected chi connectivity index (χ4v) is 6.23. The van der Waals surface area contributed by atoms with Crippen molar-refractivity contribution in [1.82, 2.24) is 15.0 Å². The Bertz CT molecular complexity index is 1800. The van der Waals surface area contributed by atoms with Gasteiger partial charge in [-0.1, -0.05) is 5.21 Å². The Labute approximate surface area is 338 Å². The maximum atomic E-state index is 13.6.